The Kier molecular flexibility index (Phi) is 4.84. The smallest absolute Gasteiger partial charge is 0.339 e. The molecule has 0 saturated heterocycles. The van der Waals surface area contributed by atoms with Crippen molar-refractivity contribution in [1.29, 1.82) is 0 Å². The van der Waals surface area contributed by atoms with E-state index >= 15 is 0 Å². The van der Waals surface area contributed by atoms with Crippen LogP contribution in [-0.4, -0.2) is 13.3 Å². The number of hydrogen-bond acceptors (Lipinski definition) is 5. The highest BCUT2D eigenvalue weighted by molar-refractivity contribution is 14.1. The molecule has 0 unspecified atom stereocenters. The third-order valence-electron chi connectivity index (χ3n) is 2.41. The molecule has 2 rings (SSSR count). The van der Waals surface area contributed by atoms with Crippen LogP contribution in [0, 0.1) is 13.7 Å². The molecular weight excluding hydrogens is 477 g/mol. The number of halogens is 2. The zero-order valence-electron chi connectivity index (χ0n) is 10.2. The van der Waals surface area contributed by atoms with Crippen molar-refractivity contribution in [3.8, 4) is 5.75 Å². The summed E-state index contributed by atoms with van der Waals surface area (Å²) in [5.41, 5.74) is -0.219. The first kappa shape index (κ1) is 16.2. The first-order valence-corrected chi connectivity index (χ1v) is 8.71. The molecule has 0 N–H and O–H groups in total. The number of nitro benzene ring substituents is 1. The zero-order valence-corrected chi connectivity index (χ0v) is 14.8. The number of rotatable bonds is 4. The van der Waals surface area contributed by atoms with Gasteiger partial charge in [-0.25, -0.2) is 0 Å². The fraction of sp³-hybridized carbons (Fsp3) is 0. The molecule has 110 valence electrons. The maximum atomic E-state index is 12.1. The Bertz CT molecular complexity index is 809. The van der Waals surface area contributed by atoms with Crippen LogP contribution in [0.4, 0.5) is 5.69 Å². The Morgan fingerprint density at radius 3 is 2.48 bits per heavy atom. The topological polar surface area (TPSA) is 86.5 Å². The van der Waals surface area contributed by atoms with Crippen molar-refractivity contribution in [1.82, 2.24) is 0 Å². The average molecular weight is 484 g/mol. The number of nitrogens with zero attached hydrogens (tertiary/aromatic N) is 1. The van der Waals surface area contributed by atoms with Crippen LogP contribution >= 0.6 is 38.5 Å². The predicted octanol–water partition coefficient (Wildman–Crippen LogP) is 3.73. The van der Waals surface area contributed by atoms with Crippen LogP contribution in [0.5, 0.6) is 5.75 Å². The Labute approximate surface area is 142 Å². The third kappa shape index (κ3) is 3.92. The van der Waals surface area contributed by atoms with Gasteiger partial charge in [0.2, 0.25) is 0 Å². The highest BCUT2D eigenvalue weighted by atomic mass is 127. The fourth-order valence-electron chi connectivity index (χ4n) is 1.48. The largest absolute Gasteiger partial charge is 0.379 e. The van der Waals surface area contributed by atoms with E-state index in [0.29, 0.717) is 0 Å². The zero-order chi connectivity index (χ0) is 15.6. The molecule has 9 heteroatoms. The van der Waals surface area contributed by atoms with Crippen LogP contribution < -0.4 is 4.18 Å². The molecule has 0 bridgehead atoms. The van der Waals surface area contributed by atoms with E-state index in [0.717, 1.165) is 21.8 Å². The lowest BCUT2D eigenvalue weighted by Gasteiger charge is -2.07. The lowest BCUT2D eigenvalue weighted by molar-refractivity contribution is -0.385. The second-order valence-electron chi connectivity index (χ2n) is 3.87. The van der Waals surface area contributed by atoms with Gasteiger partial charge in [0.1, 0.15) is 10.6 Å². The van der Waals surface area contributed by atoms with Crippen molar-refractivity contribution >= 4 is 54.3 Å². The van der Waals surface area contributed by atoms with Crippen molar-refractivity contribution in [2.45, 2.75) is 4.90 Å². The van der Waals surface area contributed by atoms with Gasteiger partial charge in [0.15, 0.2) is 0 Å². The molecule has 0 saturated carbocycles. The molecule has 0 aliphatic heterocycles. The number of benzene rings is 2. The molecule has 2 aromatic carbocycles. The van der Waals surface area contributed by atoms with Gasteiger partial charge < -0.3 is 4.18 Å². The molecule has 0 heterocycles. The van der Waals surface area contributed by atoms with Crippen LogP contribution in [0.15, 0.2) is 51.8 Å². The van der Waals surface area contributed by atoms with Crippen LogP contribution in [0.3, 0.4) is 0 Å². The van der Waals surface area contributed by atoms with Gasteiger partial charge in [0, 0.05) is 9.64 Å². The van der Waals surface area contributed by atoms with Gasteiger partial charge >= 0.3 is 10.1 Å². The molecule has 6 nitrogen and oxygen atoms in total. The molecule has 0 aliphatic rings. The minimum atomic E-state index is -4.05. The monoisotopic (exact) mass is 483 g/mol. The summed E-state index contributed by atoms with van der Waals surface area (Å²) in [5, 5.41) is 10.7. The lowest BCUT2D eigenvalue weighted by atomic mass is 10.3. The summed E-state index contributed by atoms with van der Waals surface area (Å²) < 4.78 is 30.2. The highest BCUT2D eigenvalue weighted by Gasteiger charge is 2.21. The SMILES string of the molecule is O=[N+]([O-])c1ccc(S(=O)(=O)Oc2cccc(I)c2)cc1Br. The van der Waals surface area contributed by atoms with Gasteiger partial charge in [0.25, 0.3) is 5.69 Å². The maximum absolute atomic E-state index is 12.1. The van der Waals surface area contributed by atoms with Gasteiger partial charge in [-0.15, -0.1) is 0 Å². The Balaban J connectivity index is 2.36. The molecule has 0 radical (unpaired) electrons. The lowest BCUT2D eigenvalue weighted by Crippen LogP contribution is -2.10. The average Bonchev–Trinajstić information content (AvgIpc) is 2.37. The first-order chi connectivity index (χ1) is 9.79. The summed E-state index contributed by atoms with van der Waals surface area (Å²) in [6.07, 6.45) is 0. The Morgan fingerprint density at radius 1 is 1.19 bits per heavy atom. The summed E-state index contributed by atoms with van der Waals surface area (Å²) in [4.78, 5) is 9.93. The summed E-state index contributed by atoms with van der Waals surface area (Å²) in [6, 6.07) is 9.92. The standard InChI is InChI=1S/C12H7BrINO5S/c13-11-7-10(4-5-12(11)15(16)17)21(18,19)20-9-3-1-2-8(14)6-9/h1-7H. The maximum Gasteiger partial charge on any atom is 0.339 e. The van der Waals surface area contributed by atoms with E-state index in [2.05, 4.69) is 15.9 Å². The van der Waals surface area contributed by atoms with Crippen molar-refractivity contribution in [2.24, 2.45) is 0 Å². The molecule has 21 heavy (non-hydrogen) atoms. The van der Waals surface area contributed by atoms with Crippen molar-refractivity contribution in [3.63, 3.8) is 0 Å². The number of hydrogen-bond donors (Lipinski definition) is 0. The normalized spacial score (nSPS) is 11.1. The van der Waals surface area contributed by atoms with Crippen molar-refractivity contribution in [2.75, 3.05) is 0 Å². The minimum absolute atomic E-state index is 0.0693. The molecule has 0 atom stereocenters. The first-order valence-electron chi connectivity index (χ1n) is 5.43. The second-order valence-corrected chi connectivity index (χ2v) is 7.51. The summed E-state index contributed by atoms with van der Waals surface area (Å²) >= 11 is 5.01. The van der Waals surface area contributed by atoms with Crippen LogP contribution in [0.1, 0.15) is 0 Å². The minimum Gasteiger partial charge on any atom is -0.379 e. The molecule has 0 spiro atoms. The second kappa shape index (κ2) is 6.28. The van der Waals surface area contributed by atoms with E-state index in [1.54, 1.807) is 18.2 Å². The van der Waals surface area contributed by atoms with E-state index in [-0.39, 0.29) is 20.8 Å². The van der Waals surface area contributed by atoms with E-state index in [1.165, 1.54) is 6.07 Å². The fourth-order valence-corrected chi connectivity index (χ4v) is 3.62. The Hall–Kier alpha value is -1.20. The number of nitro groups is 1. The van der Waals surface area contributed by atoms with Crippen molar-refractivity contribution in [3.05, 3.63) is 60.6 Å². The predicted molar refractivity (Wildman–Crippen MR) is 87.8 cm³/mol. The van der Waals surface area contributed by atoms with Crippen LogP contribution in [0.2, 0.25) is 0 Å². The molecule has 2 aromatic rings. The summed E-state index contributed by atoms with van der Waals surface area (Å²) in [7, 11) is -4.05. The molecule has 0 fully saturated rings. The summed E-state index contributed by atoms with van der Waals surface area (Å²) in [6.45, 7) is 0. The van der Waals surface area contributed by atoms with E-state index < -0.39 is 15.0 Å². The van der Waals surface area contributed by atoms with E-state index in [1.807, 2.05) is 22.6 Å². The van der Waals surface area contributed by atoms with Crippen molar-refractivity contribution < 1.29 is 17.5 Å². The van der Waals surface area contributed by atoms with Gasteiger partial charge in [-0.2, -0.15) is 8.42 Å². The van der Waals surface area contributed by atoms with Crippen LogP contribution in [0.25, 0.3) is 0 Å². The molecular formula is C12H7BrINO5S. The van der Waals surface area contributed by atoms with E-state index in [9.17, 15) is 18.5 Å². The van der Waals surface area contributed by atoms with Gasteiger partial charge in [0.05, 0.1) is 9.40 Å². The van der Waals surface area contributed by atoms with Gasteiger partial charge in [-0.1, -0.05) is 6.07 Å². The van der Waals surface area contributed by atoms with Crippen LogP contribution in [-0.2, 0) is 10.1 Å². The summed E-state index contributed by atoms with van der Waals surface area (Å²) in [5.74, 6) is 0.177. The van der Waals surface area contributed by atoms with Gasteiger partial charge in [-0.05, 0) is 68.9 Å². The molecule has 0 aromatic heterocycles. The molecule has 0 amide bonds. The van der Waals surface area contributed by atoms with E-state index in [4.69, 9.17) is 4.18 Å². The van der Waals surface area contributed by atoms with Gasteiger partial charge in [-0.3, -0.25) is 10.1 Å². The molecule has 0 aliphatic carbocycles. The third-order valence-corrected chi connectivity index (χ3v) is 4.96. The highest BCUT2D eigenvalue weighted by Crippen LogP contribution is 2.29. The Morgan fingerprint density at radius 2 is 1.90 bits per heavy atom. The quantitative estimate of drug-likeness (QED) is 0.286.